The van der Waals surface area contributed by atoms with Gasteiger partial charge in [-0.25, -0.2) is 9.29 Å². The van der Waals surface area contributed by atoms with Crippen molar-refractivity contribution in [3.05, 3.63) is 68.9 Å². The summed E-state index contributed by atoms with van der Waals surface area (Å²) in [6.07, 6.45) is 7.21. The predicted molar refractivity (Wildman–Crippen MR) is 161 cm³/mol. The Labute approximate surface area is 262 Å². The maximum Gasteiger partial charge on any atom is 0.241 e. The van der Waals surface area contributed by atoms with E-state index in [4.69, 9.17) is 11.6 Å². The zero-order valence-corrected chi connectivity index (χ0v) is 25.9. The minimum atomic E-state index is -1.32. The monoisotopic (exact) mass is 668 g/mol. The number of phenolic OH excluding ortho intramolecular Hbond substituents is 1. The van der Waals surface area contributed by atoms with Gasteiger partial charge in [0.15, 0.2) is 0 Å². The highest BCUT2D eigenvalue weighted by atomic mass is 79.9. The van der Waals surface area contributed by atoms with Crippen LogP contribution in [0.15, 0.2) is 52.5 Å². The van der Waals surface area contributed by atoms with Crippen LogP contribution in [0.1, 0.15) is 63.4 Å². The van der Waals surface area contributed by atoms with Crippen LogP contribution in [-0.2, 0) is 19.2 Å². The number of halogens is 3. The highest BCUT2D eigenvalue weighted by Crippen LogP contribution is 2.64. The van der Waals surface area contributed by atoms with Crippen LogP contribution >= 0.6 is 27.5 Å². The Morgan fingerprint density at radius 2 is 1.72 bits per heavy atom. The number of imide groups is 2. The van der Waals surface area contributed by atoms with Gasteiger partial charge in [-0.1, -0.05) is 58.4 Å². The number of anilines is 1. The first-order valence-electron chi connectivity index (χ1n) is 14.9. The fourth-order valence-corrected chi connectivity index (χ4v) is 9.26. The number of aromatic hydroxyl groups is 1. The molecule has 0 unspecified atom stereocenters. The van der Waals surface area contributed by atoms with Crippen molar-refractivity contribution >= 4 is 56.8 Å². The molecule has 224 valence electrons. The molecule has 7 rings (SSSR count). The molecule has 7 nitrogen and oxygen atoms in total. The number of allylic oxidation sites excluding steroid dienone is 2. The number of fused-ring (bicyclic) bond motifs is 4. The van der Waals surface area contributed by atoms with E-state index >= 15 is 0 Å². The second-order valence-electron chi connectivity index (χ2n) is 12.8. The van der Waals surface area contributed by atoms with E-state index in [1.807, 2.05) is 6.08 Å². The third-order valence-corrected chi connectivity index (χ3v) is 11.5. The van der Waals surface area contributed by atoms with Gasteiger partial charge in [0.05, 0.1) is 33.9 Å². The molecule has 10 heteroatoms. The Hall–Kier alpha value is -3.04. The summed E-state index contributed by atoms with van der Waals surface area (Å²) in [7, 11) is 0. The molecule has 0 bridgehead atoms. The molecule has 3 aliphatic carbocycles. The Bertz CT molecular complexity index is 1620. The van der Waals surface area contributed by atoms with E-state index in [-0.39, 0.29) is 40.7 Å². The van der Waals surface area contributed by atoms with Gasteiger partial charge in [-0.2, -0.15) is 0 Å². The summed E-state index contributed by atoms with van der Waals surface area (Å²) < 4.78 is 14.7. The molecule has 2 saturated carbocycles. The van der Waals surface area contributed by atoms with Gasteiger partial charge < -0.3 is 5.11 Å². The predicted octanol–water partition coefficient (Wildman–Crippen LogP) is 6.51. The fraction of sp³-hybridized carbons (Fsp3) is 0.455. The largest absolute Gasteiger partial charge is 0.508 e. The second kappa shape index (κ2) is 10.3. The number of phenols is 1. The van der Waals surface area contributed by atoms with Gasteiger partial charge in [0, 0.05) is 22.0 Å². The summed E-state index contributed by atoms with van der Waals surface area (Å²) >= 11 is 9.56. The van der Waals surface area contributed by atoms with Crippen LogP contribution in [0.3, 0.4) is 0 Å². The van der Waals surface area contributed by atoms with Gasteiger partial charge >= 0.3 is 0 Å². The van der Waals surface area contributed by atoms with Crippen molar-refractivity contribution < 1.29 is 28.7 Å². The van der Waals surface area contributed by atoms with E-state index < -0.39 is 52.6 Å². The number of hydrogen-bond donors (Lipinski definition) is 1. The number of carbonyl (C=O) groups is 4. The highest BCUT2D eigenvalue weighted by molar-refractivity contribution is 9.10. The van der Waals surface area contributed by atoms with Crippen molar-refractivity contribution in [1.29, 1.82) is 0 Å². The summed E-state index contributed by atoms with van der Waals surface area (Å²) in [6.45, 7) is 1.74. The molecule has 4 fully saturated rings. The maximum absolute atomic E-state index is 14.4. The van der Waals surface area contributed by atoms with Crippen molar-refractivity contribution in [2.45, 2.75) is 63.8 Å². The standard InChI is InChI=1S/C33H31BrClFN2O5/c1-33-23(30(41)38(32(33)43)18-8-11-25(36)24(35)14-18)15-21-19(28(33)22-13-16(34)7-12-26(22)39)9-10-20-27(21)31(42)37(29(20)40)17-5-3-2-4-6-17/h7-9,11-14,17,20-21,23,27-28,39H,2-6,10,15H2,1H3/t20-,21+,23-,27-,28+,33+/m0/s1. The van der Waals surface area contributed by atoms with Crippen LogP contribution in [0.4, 0.5) is 10.1 Å². The minimum Gasteiger partial charge on any atom is -0.508 e. The third kappa shape index (κ3) is 4.10. The minimum absolute atomic E-state index is 0.0296. The van der Waals surface area contributed by atoms with Gasteiger partial charge in [-0.05, 0) is 74.9 Å². The molecule has 0 spiro atoms. The van der Waals surface area contributed by atoms with Gasteiger partial charge in [0.25, 0.3) is 0 Å². The van der Waals surface area contributed by atoms with Crippen LogP contribution in [0.5, 0.6) is 5.75 Å². The Morgan fingerprint density at radius 1 is 0.977 bits per heavy atom. The zero-order valence-electron chi connectivity index (χ0n) is 23.6. The van der Waals surface area contributed by atoms with Crippen molar-refractivity contribution in [2.24, 2.45) is 29.1 Å². The Kier molecular flexibility index (Phi) is 6.85. The topological polar surface area (TPSA) is 95.0 Å². The molecule has 2 aliphatic heterocycles. The van der Waals surface area contributed by atoms with Crippen molar-refractivity contribution in [1.82, 2.24) is 4.90 Å². The summed E-state index contributed by atoms with van der Waals surface area (Å²) in [6, 6.07) is 8.63. The molecule has 5 aliphatic rings. The van der Waals surface area contributed by atoms with Crippen molar-refractivity contribution in [2.75, 3.05) is 4.90 Å². The molecule has 2 heterocycles. The number of benzene rings is 2. The third-order valence-electron chi connectivity index (χ3n) is 10.7. The van der Waals surface area contributed by atoms with Crippen LogP contribution in [-0.4, -0.2) is 39.7 Å². The van der Waals surface area contributed by atoms with Crippen LogP contribution in [0, 0.1) is 34.9 Å². The average molecular weight is 670 g/mol. The van der Waals surface area contributed by atoms with E-state index in [0.717, 1.165) is 48.6 Å². The molecule has 6 atom stereocenters. The second-order valence-corrected chi connectivity index (χ2v) is 14.1. The van der Waals surface area contributed by atoms with Gasteiger partial charge in [-0.3, -0.25) is 24.1 Å². The summed E-state index contributed by atoms with van der Waals surface area (Å²) in [4.78, 5) is 59.1. The molecular formula is C33H31BrClFN2O5. The number of rotatable bonds is 3. The average Bonchev–Trinajstić information content (AvgIpc) is 3.36. The van der Waals surface area contributed by atoms with E-state index in [9.17, 15) is 28.7 Å². The van der Waals surface area contributed by atoms with Gasteiger partial charge in [0.2, 0.25) is 23.6 Å². The normalized spacial score (nSPS) is 32.6. The van der Waals surface area contributed by atoms with Crippen molar-refractivity contribution in [3.63, 3.8) is 0 Å². The van der Waals surface area contributed by atoms with E-state index in [1.165, 1.54) is 17.0 Å². The maximum atomic E-state index is 14.4. The smallest absolute Gasteiger partial charge is 0.241 e. The summed E-state index contributed by atoms with van der Waals surface area (Å²) in [5, 5.41) is 10.9. The zero-order chi connectivity index (χ0) is 30.4. The first kappa shape index (κ1) is 28.7. The summed E-state index contributed by atoms with van der Waals surface area (Å²) in [5.41, 5.74) is 0.122. The lowest BCUT2D eigenvalue weighted by molar-refractivity contribution is -0.144. The lowest BCUT2D eigenvalue weighted by atomic mass is 9.51. The molecule has 2 aromatic rings. The molecule has 2 aromatic carbocycles. The first-order chi connectivity index (χ1) is 20.5. The van der Waals surface area contributed by atoms with E-state index in [2.05, 4.69) is 15.9 Å². The van der Waals surface area contributed by atoms with E-state index in [1.54, 1.807) is 25.1 Å². The molecule has 0 radical (unpaired) electrons. The quantitative estimate of drug-likeness (QED) is 0.297. The molecule has 1 N–H and O–H groups in total. The lowest BCUT2D eigenvalue weighted by Crippen LogP contribution is -2.49. The number of carbonyl (C=O) groups excluding carboxylic acids is 4. The Balaban J connectivity index is 1.36. The fourth-order valence-electron chi connectivity index (χ4n) is 8.71. The number of nitrogens with zero attached hydrogens (tertiary/aromatic N) is 2. The van der Waals surface area contributed by atoms with Crippen LogP contribution < -0.4 is 4.90 Å². The van der Waals surface area contributed by atoms with Gasteiger partial charge in [0.1, 0.15) is 11.6 Å². The number of hydrogen-bond acceptors (Lipinski definition) is 5. The van der Waals surface area contributed by atoms with Crippen LogP contribution in [0.25, 0.3) is 0 Å². The van der Waals surface area contributed by atoms with E-state index in [0.29, 0.717) is 16.5 Å². The van der Waals surface area contributed by atoms with Crippen molar-refractivity contribution in [3.8, 4) is 5.75 Å². The SMILES string of the molecule is C[C@@]12C(=O)N(c3ccc(F)c(Cl)c3)C(=O)[C@@H]1C[C@@H]1C(=CC[C@@H]3C(=O)N(C4CCCCC4)C(=O)[C@@H]31)[C@@H]2c1cc(Br)ccc1O. The van der Waals surface area contributed by atoms with Gasteiger partial charge in [-0.15, -0.1) is 0 Å². The highest BCUT2D eigenvalue weighted by Gasteiger charge is 2.68. The molecule has 0 aromatic heterocycles. The first-order valence-corrected chi connectivity index (χ1v) is 16.1. The number of amides is 4. The lowest BCUT2D eigenvalue weighted by Gasteiger charge is -2.49. The van der Waals surface area contributed by atoms with Crippen LogP contribution in [0.2, 0.25) is 5.02 Å². The Morgan fingerprint density at radius 3 is 2.44 bits per heavy atom. The molecule has 43 heavy (non-hydrogen) atoms. The molecule has 2 saturated heterocycles. The molecular weight excluding hydrogens is 639 g/mol. The number of likely N-dealkylation sites (tertiary alicyclic amines) is 1. The molecule has 4 amide bonds. The summed E-state index contributed by atoms with van der Waals surface area (Å²) in [5.74, 6) is -5.14.